The Balaban J connectivity index is 2.27. The number of hydrogen-bond acceptors (Lipinski definition) is 3. The molecule has 1 aromatic heterocycles. The summed E-state index contributed by atoms with van der Waals surface area (Å²) in [5, 5.41) is 0. The highest BCUT2D eigenvalue weighted by Crippen LogP contribution is 2.25. The largest absolute Gasteiger partial charge is 0.332 e. The Kier molecular flexibility index (Phi) is 7.28. The maximum atomic E-state index is 13.4. The monoisotopic (exact) mass is 414 g/mol. The first-order valence-electron chi connectivity index (χ1n) is 10.1. The lowest BCUT2D eigenvalue weighted by Crippen LogP contribution is -2.54. The van der Waals surface area contributed by atoms with E-state index in [2.05, 4.69) is 19.1 Å². The van der Waals surface area contributed by atoms with Gasteiger partial charge in [0.05, 0.1) is 6.54 Å². The molecular weight excluding hydrogens is 380 g/mol. The molecule has 1 heterocycles. The maximum absolute atomic E-state index is 13.4. The normalized spacial score (nSPS) is 12.0. The molecule has 2 amide bonds. The van der Waals surface area contributed by atoms with E-state index in [1.807, 2.05) is 76.8 Å². The Labute approximate surface area is 179 Å². The fourth-order valence-corrected chi connectivity index (χ4v) is 3.95. The second-order valence-electron chi connectivity index (χ2n) is 9.56. The number of thiophene rings is 1. The third-order valence-electron chi connectivity index (χ3n) is 4.70. The molecule has 4 nitrogen and oxygen atoms in total. The van der Waals surface area contributed by atoms with Crippen LogP contribution in [-0.4, -0.2) is 33.7 Å². The molecule has 2 rings (SSSR count). The zero-order chi connectivity index (χ0) is 21.8. The lowest BCUT2D eigenvalue weighted by Gasteiger charge is -2.40. The number of benzene rings is 1. The SMILES string of the molecule is Cc1ccc(CN(Cc2ccccc2)C(=O)CN(C(=O)C(C)(C)C)C(C)(C)C)s1. The van der Waals surface area contributed by atoms with Crippen LogP contribution < -0.4 is 0 Å². The highest BCUT2D eigenvalue weighted by Gasteiger charge is 2.36. The van der Waals surface area contributed by atoms with Gasteiger partial charge in [0.2, 0.25) is 11.8 Å². The molecule has 0 fully saturated rings. The van der Waals surface area contributed by atoms with Gasteiger partial charge >= 0.3 is 0 Å². The minimum atomic E-state index is -0.539. The number of carbonyl (C=O) groups excluding carboxylic acids is 2. The maximum Gasteiger partial charge on any atom is 0.242 e. The van der Waals surface area contributed by atoms with Crippen molar-refractivity contribution in [1.82, 2.24) is 9.80 Å². The van der Waals surface area contributed by atoms with Gasteiger partial charge in [-0.05, 0) is 45.4 Å². The van der Waals surface area contributed by atoms with Crippen molar-refractivity contribution in [2.45, 2.75) is 67.1 Å². The predicted octanol–water partition coefficient (Wildman–Crippen LogP) is 5.26. The molecule has 0 atom stereocenters. The molecule has 1 aromatic carbocycles. The number of hydrogen-bond donors (Lipinski definition) is 0. The molecule has 29 heavy (non-hydrogen) atoms. The smallest absolute Gasteiger partial charge is 0.242 e. The lowest BCUT2D eigenvalue weighted by atomic mass is 9.91. The van der Waals surface area contributed by atoms with Crippen LogP contribution in [0.1, 0.15) is 56.9 Å². The molecule has 0 aliphatic heterocycles. The Morgan fingerprint density at radius 3 is 2.00 bits per heavy atom. The van der Waals surface area contributed by atoms with Gasteiger partial charge in [-0.2, -0.15) is 0 Å². The van der Waals surface area contributed by atoms with Gasteiger partial charge in [0, 0.05) is 27.3 Å². The van der Waals surface area contributed by atoms with Gasteiger partial charge < -0.3 is 9.80 Å². The molecule has 0 aliphatic rings. The highest BCUT2D eigenvalue weighted by molar-refractivity contribution is 7.11. The first kappa shape index (κ1) is 23.1. The van der Waals surface area contributed by atoms with Gasteiger partial charge in [-0.3, -0.25) is 9.59 Å². The highest BCUT2D eigenvalue weighted by atomic mass is 32.1. The zero-order valence-electron chi connectivity index (χ0n) is 18.8. The summed E-state index contributed by atoms with van der Waals surface area (Å²) in [6, 6.07) is 14.2. The van der Waals surface area contributed by atoms with Gasteiger partial charge in [0.15, 0.2) is 0 Å². The number of nitrogens with zero attached hydrogens (tertiary/aromatic N) is 2. The Bertz CT molecular complexity index is 829. The first-order chi connectivity index (χ1) is 13.4. The summed E-state index contributed by atoms with van der Waals surface area (Å²) in [5.41, 5.74) is 0.110. The van der Waals surface area contributed by atoms with Gasteiger partial charge in [-0.25, -0.2) is 0 Å². The lowest BCUT2D eigenvalue weighted by molar-refractivity contribution is -0.151. The van der Waals surface area contributed by atoms with Crippen molar-refractivity contribution in [2.24, 2.45) is 5.41 Å². The topological polar surface area (TPSA) is 40.6 Å². The van der Waals surface area contributed by atoms with E-state index in [1.165, 1.54) is 4.88 Å². The second-order valence-corrected chi connectivity index (χ2v) is 10.9. The van der Waals surface area contributed by atoms with Crippen molar-refractivity contribution in [3.8, 4) is 0 Å². The molecule has 0 unspecified atom stereocenters. The van der Waals surface area contributed by atoms with Crippen LogP contribution in [0.15, 0.2) is 42.5 Å². The molecule has 0 radical (unpaired) electrons. The molecule has 0 bridgehead atoms. The fraction of sp³-hybridized carbons (Fsp3) is 0.500. The van der Waals surface area contributed by atoms with Crippen LogP contribution in [0.2, 0.25) is 0 Å². The van der Waals surface area contributed by atoms with Crippen molar-refractivity contribution in [3.63, 3.8) is 0 Å². The zero-order valence-corrected chi connectivity index (χ0v) is 19.6. The van der Waals surface area contributed by atoms with Crippen LogP contribution in [0.25, 0.3) is 0 Å². The van der Waals surface area contributed by atoms with Crippen LogP contribution in [0, 0.1) is 12.3 Å². The van der Waals surface area contributed by atoms with E-state index >= 15 is 0 Å². The van der Waals surface area contributed by atoms with E-state index in [0.717, 1.165) is 10.4 Å². The van der Waals surface area contributed by atoms with E-state index in [9.17, 15) is 9.59 Å². The van der Waals surface area contributed by atoms with Crippen molar-refractivity contribution in [1.29, 1.82) is 0 Å². The predicted molar refractivity (Wildman–Crippen MR) is 121 cm³/mol. The van der Waals surface area contributed by atoms with Crippen LogP contribution in [0.4, 0.5) is 0 Å². The molecule has 158 valence electrons. The van der Waals surface area contributed by atoms with Crippen molar-refractivity contribution >= 4 is 23.2 Å². The average Bonchev–Trinajstić information content (AvgIpc) is 3.02. The number of amides is 2. The molecule has 0 N–H and O–H groups in total. The summed E-state index contributed by atoms with van der Waals surface area (Å²) in [4.78, 5) is 32.4. The van der Waals surface area contributed by atoms with Crippen molar-refractivity contribution < 1.29 is 9.59 Å². The summed E-state index contributed by atoms with van der Waals surface area (Å²) in [5.74, 6) is -0.0441. The van der Waals surface area contributed by atoms with E-state index in [1.54, 1.807) is 16.2 Å². The van der Waals surface area contributed by atoms with Gasteiger partial charge in [0.25, 0.3) is 0 Å². The summed E-state index contributed by atoms with van der Waals surface area (Å²) in [7, 11) is 0. The summed E-state index contributed by atoms with van der Waals surface area (Å²) >= 11 is 1.70. The Morgan fingerprint density at radius 1 is 0.897 bits per heavy atom. The van der Waals surface area contributed by atoms with Crippen molar-refractivity contribution in [3.05, 3.63) is 57.8 Å². The Morgan fingerprint density at radius 2 is 1.52 bits per heavy atom. The standard InChI is InChI=1S/C24H34N2O2S/c1-18-13-14-20(29-18)16-25(15-19-11-9-8-10-12-19)21(27)17-26(24(5,6)7)22(28)23(2,3)4/h8-14H,15-17H2,1-7H3. The summed E-state index contributed by atoms with van der Waals surface area (Å²) in [6.45, 7) is 14.9. The Hall–Kier alpha value is -2.14. The molecule has 0 aliphatic carbocycles. The van der Waals surface area contributed by atoms with Crippen LogP contribution >= 0.6 is 11.3 Å². The van der Waals surface area contributed by atoms with E-state index < -0.39 is 11.0 Å². The number of carbonyl (C=O) groups is 2. The quantitative estimate of drug-likeness (QED) is 0.647. The van der Waals surface area contributed by atoms with E-state index in [0.29, 0.717) is 13.1 Å². The van der Waals surface area contributed by atoms with Crippen LogP contribution in [0.5, 0.6) is 0 Å². The molecule has 0 saturated carbocycles. The average molecular weight is 415 g/mol. The van der Waals surface area contributed by atoms with Gasteiger partial charge in [-0.1, -0.05) is 51.1 Å². The third kappa shape index (κ3) is 6.70. The van der Waals surface area contributed by atoms with Crippen molar-refractivity contribution in [2.75, 3.05) is 6.54 Å². The first-order valence-corrected chi connectivity index (χ1v) is 10.9. The third-order valence-corrected chi connectivity index (χ3v) is 5.69. The summed E-state index contributed by atoms with van der Waals surface area (Å²) in [6.07, 6.45) is 0. The minimum Gasteiger partial charge on any atom is -0.332 e. The molecule has 0 spiro atoms. The molecule has 5 heteroatoms. The van der Waals surface area contributed by atoms with Crippen LogP contribution in [-0.2, 0) is 22.7 Å². The van der Waals surface area contributed by atoms with E-state index in [-0.39, 0.29) is 18.4 Å². The van der Waals surface area contributed by atoms with Crippen LogP contribution in [0.3, 0.4) is 0 Å². The molecular formula is C24H34N2O2S. The number of rotatable bonds is 6. The van der Waals surface area contributed by atoms with Gasteiger partial charge in [0.1, 0.15) is 6.54 Å². The van der Waals surface area contributed by atoms with E-state index in [4.69, 9.17) is 0 Å². The fourth-order valence-electron chi connectivity index (χ4n) is 3.05. The second kappa shape index (κ2) is 9.12. The molecule has 2 aromatic rings. The summed E-state index contributed by atoms with van der Waals surface area (Å²) < 4.78 is 0. The number of aryl methyl sites for hydroxylation is 1. The minimum absolute atomic E-state index is 0.00928. The molecule has 0 saturated heterocycles. The van der Waals surface area contributed by atoms with Gasteiger partial charge in [-0.15, -0.1) is 11.3 Å².